The molecule has 0 aliphatic carbocycles. The summed E-state index contributed by atoms with van der Waals surface area (Å²) in [6.07, 6.45) is 1.77. The molecule has 9 heavy (non-hydrogen) atoms. The van der Waals surface area contributed by atoms with Crippen LogP contribution in [0.3, 0.4) is 0 Å². The summed E-state index contributed by atoms with van der Waals surface area (Å²) in [6, 6.07) is 0.225. The van der Waals surface area contributed by atoms with Gasteiger partial charge in [-0.3, -0.25) is 4.99 Å². The summed E-state index contributed by atoms with van der Waals surface area (Å²) in [5.74, 6) is 0. The predicted molar refractivity (Wildman–Crippen MR) is 43.4 cm³/mol. The molecule has 3 heteroatoms. The molecule has 0 N–H and O–H groups in total. The number of halogens is 2. The van der Waals surface area contributed by atoms with Gasteiger partial charge in [0.25, 0.3) is 0 Å². The van der Waals surface area contributed by atoms with E-state index in [0.29, 0.717) is 5.17 Å². The van der Waals surface area contributed by atoms with E-state index < -0.39 is 0 Å². The van der Waals surface area contributed by atoms with E-state index in [4.69, 9.17) is 23.2 Å². The van der Waals surface area contributed by atoms with Gasteiger partial charge >= 0.3 is 0 Å². The number of aliphatic imine (C=N–C) groups is 1. The third-order valence-corrected chi connectivity index (χ3v) is 0.967. The fourth-order valence-corrected chi connectivity index (χ4v) is 0.809. The molecule has 0 aromatic heterocycles. The SMILES string of the molecule is CC(C)=C/C(Cl)=N\CCl. The van der Waals surface area contributed by atoms with Gasteiger partial charge in [-0.25, -0.2) is 0 Å². The van der Waals surface area contributed by atoms with Gasteiger partial charge in [-0.1, -0.05) is 17.2 Å². The molecule has 0 heterocycles. The average Bonchev–Trinajstić information content (AvgIpc) is 1.63. The van der Waals surface area contributed by atoms with Gasteiger partial charge in [-0.2, -0.15) is 0 Å². The highest BCUT2D eigenvalue weighted by molar-refractivity contribution is 6.68. The smallest absolute Gasteiger partial charge is 0.124 e. The molecule has 0 bridgehead atoms. The summed E-state index contributed by atoms with van der Waals surface area (Å²) in [4.78, 5) is 3.74. The maximum absolute atomic E-state index is 5.57. The monoisotopic (exact) mass is 165 g/mol. The Hall–Kier alpha value is -0.0100. The molecule has 0 unspecified atom stereocenters. The highest BCUT2D eigenvalue weighted by Gasteiger charge is 1.84. The lowest BCUT2D eigenvalue weighted by molar-refractivity contribution is 1.36. The molecule has 52 valence electrons. The molecule has 0 atom stereocenters. The molecular weight excluding hydrogens is 157 g/mol. The van der Waals surface area contributed by atoms with Crippen molar-refractivity contribution >= 4 is 28.4 Å². The summed E-state index contributed by atoms with van der Waals surface area (Å²) in [5.41, 5.74) is 1.12. The van der Waals surface area contributed by atoms with E-state index in [1.165, 1.54) is 0 Å². The standard InChI is InChI=1S/C6H9Cl2N/c1-5(2)3-6(8)9-4-7/h3H,4H2,1-2H3/b9-6+. The Morgan fingerprint density at radius 1 is 1.56 bits per heavy atom. The maximum atomic E-state index is 5.57. The molecule has 1 nitrogen and oxygen atoms in total. The van der Waals surface area contributed by atoms with Gasteiger partial charge in [-0.15, -0.1) is 11.6 Å². The molecule has 0 saturated carbocycles. The molecule has 0 saturated heterocycles. The van der Waals surface area contributed by atoms with E-state index >= 15 is 0 Å². The highest BCUT2D eigenvalue weighted by Crippen LogP contribution is 1.95. The topological polar surface area (TPSA) is 12.4 Å². The first-order valence-electron chi connectivity index (χ1n) is 2.57. The van der Waals surface area contributed by atoms with Gasteiger partial charge < -0.3 is 0 Å². The number of hydrogen-bond acceptors (Lipinski definition) is 1. The van der Waals surface area contributed by atoms with E-state index in [-0.39, 0.29) is 6.00 Å². The largest absolute Gasteiger partial charge is 0.257 e. The van der Waals surface area contributed by atoms with Crippen LogP contribution in [0.1, 0.15) is 13.8 Å². The van der Waals surface area contributed by atoms with E-state index in [2.05, 4.69) is 4.99 Å². The summed E-state index contributed by atoms with van der Waals surface area (Å²) < 4.78 is 0. The lowest BCUT2D eigenvalue weighted by Gasteiger charge is -1.87. The van der Waals surface area contributed by atoms with Crippen LogP contribution in [0.5, 0.6) is 0 Å². The summed E-state index contributed by atoms with van der Waals surface area (Å²) in [6.45, 7) is 3.90. The minimum Gasteiger partial charge on any atom is -0.257 e. The van der Waals surface area contributed by atoms with Crippen molar-refractivity contribution < 1.29 is 0 Å². The van der Waals surface area contributed by atoms with Crippen molar-refractivity contribution in [3.05, 3.63) is 11.6 Å². The fourth-order valence-electron chi connectivity index (χ4n) is 0.341. The van der Waals surface area contributed by atoms with Crippen molar-refractivity contribution in [2.24, 2.45) is 4.99 Å². The van der Waals surface area contributed by atoms with Crippen LogP contribution in [0, 0.1) is 0 Å². The Morgan fingerprint density at radius 2 is 2.11 bits per heavy atom. The molecule has 0 spiro atoms. The molecule has 0 fully saturated rings. The average molecular weight is 166 g/mol. The molecule has 0 amide bonds. The third-order valence-electron chi connectivity index (χ3n) is 0.619. The zero-order chi connectivity index (χ0) is 7.28. The third kappa shape index (κ3) is 5.87. The Bertz CT molecular complexity index is 134. The quantitative estimate of drug-likeness (QED) is 0.339. The minimum absolute atomic E-state index is 0.225. The number of nitrogens with zero attached hydrogens (tertiary/aromatic N) is 1. The molecule has 0 aromatic carbocycles. The lowest BCUT2D eigenvalue weighted by atomic mass is 10.3. The fraction of sp³-hybridized carbons (Fsp3) is 0.500. The van der Waals surface area contributed by atoms with Crippen LogP contribution in [0.15, 0.2) is 16.6 Å². The second kappa shape index (κ2) is 4.83. The van der Waals surface area contributed by atoms with Crippen molar-refractivity contribution in [1.29, 1.82) is 0 Å². The number of alkyl halides is 1. The van der Waals surface area contributed by atoms with Crippen LogP contribution in [0.2, 0.25) is 0 Å². The lowest BCUT2D eigenvalue weighted by Crippen LogP contribution is -1.81. The van der Waals surface area contributed by atoms with Gasteiger partial charge in [0.15, 0.2) is 0 Å². The molecule has 0 aliphatic heterocycles. The van der Waals surface area contributed by atoms with Gasteiger partial charge in [0.05, 0.1) is 0 Å². The molecule has 0 aliphatic rings. The van der Waals surface area contributed by atoms with Gasteiger partial charge in [0, 0.05) is 0 Å². The van der Waals surface area contributed by atoms with Gasteiger partial charge in [-0.05, 0) is 19.9 Å². The first-order chi connectivity index (χ1) is 4.16. The Morgan fingerprint density at radius 3 is 2.44 bits per heavy atom. The Labute approximate surface area is 65.4 Å². The van der Waals surface area contributed by atoms with Crippen LogP contribution in [-0.2, 0) is 0 Å². The van der Waals surface area contributed by atoms with Gasteiger partial charge in [0.1, 0.15) is 11.2 Å². The number of allylic oxidation sites excluding steroid dienone is 2. The summed E-state index contributed by atoms with van der Waals surface area (Å²) in [7, 11) is 0. The van der Waals surface area contributed by atoms with Crippen LogP contribution in [0.25, 0.3) is 0 Å². The van der Waals surface area contributed by atoms with Crippen molar-refractivity contribution in [1.82, 2.24) is 0 Å². The van der Waals surface area contributed by atoms with Crippen LogP contribution in [-0.4, -0.2) is 11.2 Å². The second-order valence-corrected chi connectivity index (χ2v) is 2.45. The van der Waals surface area contributed by atoms with Crippen molar-refractivity contribution in [3.8, 4) is 0 Å². The van der Waals surface area contributed by atoms with E-state index in [0.717, 1.165) is 5.57 Å². The first kappa shape index (κ1) is 8.99. The maximum Gasteiger partial charge on any atom is 0.124 e. The van der Waals surface area contributed by atoms with Crippen molar-refractivity contribution in [3.63, 3.8) is 0 Å². The normalized spacial score (nSPS) is 11.3. The summed E-state index contributed by atoms with van der Waals surface area (Å²) in [5, 5.41) is 0.463. The van der Waals surface area contributed by atoms with Crippen LogP contribution < -0.4 is 0 Å². The number of rotatable bonds is 2. The van der Waals surface area contributed by atoms with E-state index in [1.54, 1.807) is 6.08 Å². The molecule has 0 rings (SSSR count). The predicted octanol–water partition coefficient (Wildman–Crippen LogP) is 2.79. The Kier molecular flexibility index (Phi) is 4.83. The zero-order valence-electron chi connectivity index (χ0n) is 5.49. The van der Waals surface area contributed by atoms with Crippen LogP contribution >= 0.6 is 23.2 Å². The van der Waals surface area contributed by atoms with Crippen molar-refractivity contribution in [2.75, 3.05) is 6.00 Å². The first-order valence-corrected chi connectivity index (χ1v) is 3.49. The van der Waals surface area contributed by atoms with Crippen molar-refractivity contribution in [2.45, 2.75) is 13.8 Å². The summed E-state index contributed by atoms with van der Waals surface area (Å²) >= 11 is 10.8. The van der Waals surface area contributed by atoms with E-state index in [1.807, 2.05) is 13.8 Å². The Balaban J connectivity index is 3.90. The highest BCUT2D eigenvalue weighted by atomic mass is 35.5. The molecule has 0 aromatic rings. The van der Waals surface area contributed by atoms with E-state index in [9.17, 15) is 0 Å². The number of hydrogen-bond donors (Lipinski definition) is 0. The zero-order valence-corrected chi connectivity index (χ0v) is 7.00. The molecular formula is C6H9Cl2N. The van der Waals surface area contributed by atoms with Gasteiger partial charge in [0.2, 0.25) is 0 Å². The molecule has 0 radical (unpaired) electrons. The minimum atomic E-state index is 0.225. The second-order valence-electron chi connectivity index (χ2n) is 1.82. The van der Waals surface area contributed by atoms with Crippen LogP contribution in [0.4, 0.5) is 0 Å².